The number of carbonyl (C=O) groups excluding carboxylic acids is 1. The molecule has 1 N–H and O–H groups in total. The molecule has 9 heteroatoms. The van der Waals surface area contributed by atoms with Crippen LogP contribution in [-0.2, 0) is 16.1 Å². The Morgan fingerprint density at radius 1 is 1.43 bits per heavy atom. The molecule has 1 saturated heterocycles. The monoisotopic (exact) mass is 400 g/mol. The van der Waals surface area contributed by atoms with E-state index in [1.807, 2.05) is 24.4 Å². The third-order valence-corrected chi connectivity index (χ3v) is 5.37. The minimum absolute atomic E-state index is 0.0485. The van der Waals surface area contributed by atoms with Crippen LogP contribution in [0.4, 0.5) is 0 Å². The molecule has 4 rings (SSSR count). The van der Waals surface area contributed by atoms with E-state index in [2.05, 4.69) is 15.6 Å². The van der Waals surface area contributed by atoms with Gasteiger partial charge in [-0.25, -0.2) is 4.68 Å². The van der Waals surface area contributed by atoms with Crippen molar-refractivity contribution < 1.29 is 14.1 Å². The molecule has 0 aliphatic carbocycles. The summed E-state index contributed by atoms with van der Waals surface area (Å²) in [5.41, 5.74) is 1.48. The number of hydrogen-bond acceptors (Lipinski definition) is 7. The lowest BCUT2D eigenvalue weighted by molar-refractivity contribution is -0.122. The molecule has 1 aliphatic heterocycles. The largest absolute Gasteiger partial charge is 0.376 e. The minimum Gasteiger partial charge on any atom is -0.376 e. The van der Waals surface area contributed by atoms with Crippen LogP contribution in [0.25, 0.3) is 21.9 Å². The summed E-state index contributed by atoms with van der Waals surface area (Å²) in [4.78, 5) is 25.7. The highest BCUT2D eigenvalue weighted by atomic mass is 32.1. The Balaban J connectivity index is 1.60. The molecule has 0 bridgehead atoms. The fourth-order valence-electron chi connectivity index (χ4n) is 3.10. The third-order valence-electron chi connectivity index (χ3n) is 4.49. The molecule has 1 amide bonds. The Morgan fingerprint density at radius 2 is 2.32 bits per heavy atom. The predicted octanol–water partition coefficient (Wildman–Crippen LogP) is 2.23. The molecule has 0 spiro atoms. The van der Waals surface area contributed by atoms with Crippen molar-refractivity contribution in [3.05, 3.63) is 45.7 Å². The summed E-state index contributed by atoms with van der Waals surface area (Å²) >= 11 is 1.50. The number of amides is 1. The first-order chi connectivity index (χ1) is 13.6. The highest BCUT2D eigenvalue weighted by Crippen LogP contribution is 2.32. The van der Waals surface area contributed by atoms with Crippen molar-refractivity contribution in [2.45, 2.75) is 32.4 Å². The molecule has 4 heterocycles. The highest BCUT2D eigenvalue weighted by molar-refractivity contribution is 7.13. The second-order valence-corrected chi connectivity index (χ2v) is 7.60. The molecule has 0 aromatic carbocycles. The molecule has 1 aliphatic rings. The fourth-order valence-corrected chi connectivity index (χ4v) is 3.83. The van der Waals surface area contributed by atoms with Gasteiger partial charge in [0.05, 0.1) is 22.2 Å². The quantitative estimate of drug-likeness (QED) is 0.681. The van der Waals surface area contributed by atoms with Gasteiger partial charge in [-0.2, -0.15) is 5.10 Å². The molecule has 1 fully saturated rings. The topological polar surface area (TPSA) is 99.2 Å². The molecular weight excluding hydrogens is 380 g/mol. The van der Waals surface area contributed by atoms with Crippen LogP contribution >= 0.6 is 11.3 Å². The minimum atomic E-state index is -0.378. The zero-order valence-electron chi connectivity index (χ0n) is 15.4. The average Bonchev–Trinajstić information content (AvgIpc) is 3.44. The lowest BCUT2D eigenvalue weighted by Gasteiger charge is -2.12. The summed E-state index contributed by atoms with van der Waals surface area (Å²) in [5, 5.41) is 13.1. The SMILES string of the molecule is Cc1cc(-c2cc(=O)n(CC(=O)NCC3CCCO3)nc2-c2cccs2)on1. The molecule has 0 saturated carbocycles. The molecule has 3 aromatic heterocycles. The fraction of sp³-hybridized carbons (Fsp3) is 0.368. The van der Waals surface area contributed by atoms with Crippen molar-refractivity contribution in [1.82, 2.24) is 20.3 Å². The summed E-state index contributed by atoms with van der Waals surface area (Å²) in [6.07, 6.45) is 1.99. The van der Waals surface area contributed by atoms with E-state index in [9.17, 15) is 9.59 Å². The Hall–Kier alpha value is -2.78. The Bertz CT molecular complexity index is 1020. The summed E-state index contributed by atoms with van der Waals surface area (Å²) in [7, 11) is 0. The second kappa shape index (κ2) is 8.07. The van der Waals surface area contributed by atoms with Crippen molar-refractivity contribution in [1.29, 1.82) is 0 Å². The number of aromatic nitrogens is 3. The zero-order chi connectivity index (χ0) is 19.5. The van der Waals surface area contributed by atoms with Gasteiger partial charge in [0.1, 0.15) is 12.2 Å². The summed E-state index contributed by atoms with van der Waals surface area (Å²) in [5.74, 6) is 0.200. The first-order valence-corrected chi connectivity index (χ1v) is 9.96. The molecule has 1 atom stereocenters. The lowest BCUT2D eigenvalue weighted by Crippen LogP contribution is -2.37. The van der Waals surface area contributed by atoms with Gasteiger partial charge in [0, 0.05) is 25.3 Å². The predicted molar refractivity (Wildman–Crippen MR) is 104 cm³/mol. The van der Waals surface area contributed by atoms with Crippen molar-refractivity contribution in [3.63, 3.8) is 0 Å². The van der Waals surface area contributed by atoms with Crippen LogP contribution in [0.3, 0.4) is 0 Å². The van der Waals surface area contributed by atoms with Gasteiger partial charge in [0.2, 0.25) is 5.91 Å². The molecule has 146 valence electrons. The number of carbonyl (C=O) groups is 1. The highest BCUT2D eigenvalue weighted by Gasteiger charge is 2.19. The first kappa shape index (κ1) is 18.6. The number of ether oxygens (including phenoxy) is 1. The number of thiophene rings is 1. The molecule has 3 aromatic rings. The van der Waals surface area contributed by atoms with E-state index in [1.165, 1.54) is 22.1 Å². The Kier molecular flexibility index (Phi) is 5.36. The molecule has 1 unspecified atom stereocenters. The van der Waals surface area contributed by atoms with Gasteiger partial charge in [-0.15, -0.1) is 11.3 Å². The van der Waals surface area contributed by atoms with Crippen LogP contribution in [0, 0.1) is 6.92 Å². The smallest absolute Gasteiger partial charge is 0.268 e. The van der Waals surface area contributed by atoms with E-state index >= 15 is 0 Å². The number of rotatable bonds is 6. The summed E-state index contributed by atoms with van der Waals surface area (Å²) < 4.78 is 12.0. The van der Waals surface area contributed by atoms with Crippen LogP contribution in [0.1, 0.15) is 18.5 Å². The molecule has 8 nitrogen and oxygen atoms in total. The van der Waals surface area contributed by atoms with Crippen LogP contribution < -0.4 is 10.9 Å². The summed E-state index contributed by atoms with van der Waals surface area (Å²) in [6.45, 7) is 2.83. The van der Waals surface area contributed by atoms with Crippen molar-refractivity contribution >= 4 is 17.2 Å². The molecular formula is C19H20N4O4S. The van der Waals surface area contributed by atoms with Crippen LogP contribution in [0.2, 0.25) is 0 Å². The van der Waals surface area contributed by atoms with E-state index in [1.54, 1.807) is 6.07 Å². The van der Waals surface area contributed by atoms with Crippen LogP contribution in [0.15, 0.2) is 39.0 Å². The van der Waals surface area contributed by atoms with E-state index in [0.29, 0.717) is 29.3 Å². The molecule has 28 heavy (non-hydrogen) atoms. The van der Waals surface area contributed by atoms with E-state index in [0.717, 1.165) is 24.3 Å². The van der Waals surface area contributed by atoms with Gasteiger partial charge in [-0.1, -0.05) is 11.2 Å². The number of nitrogens with zero attached hydrogens (tertiary/aromatic N) is 3. The van der Waals surface area contributed by atoms with Gasteiger partial charge in [0.25, 0.3) is 5.56 Å². The first-order valence-electron chi connectivity index (χ1n) is 9.08. The van der Waals surface area contributed by atoms with Crippen molar-refractivity contribution in [2.75, 3.05) is 13.2 Å². The van der Waals surface area contributed by atoms with Gasteiger partial charge >= 0.3 is 0 Å². The number of hydrogen-bond donors (Lipinski definition) is 1. The van der Waals surface area contributed by atoms with Gasteiger partial charge < -0.3 is 14.6 Å². The van der Waals surface area contributed by atoms with Gasteiger partial charge in [-0.05, 0) is 31.2 Å². The van der Waals surface area contributed by atoms with Crippen LogP contribution in [0.5, 0.6) is 0 Å². The standard InChI is InChI=1S/C19H20N4O4S/c1-12-8-15(27-22-12)14-9-18(25)23(21-19(14)16-5-3-7-28-16)11-17(24)20-10-13-4-2-6-26-13/h3,5,7-9,13H,2,4,6,10-11H2,1H3,(H,20,24). The maximum absolute atomic E-state index is 12.6. The van der Waals surface area contributed by atoms with Crippen LogP contribution in [-0.4, -0.2) is 40.1 Å². The maximum Gasteiger partial charge on any atom is 0.268 e. The normalized spacial score (nSPS) is 16.4. The third kappa shape index (κ3) is 4.05. The van der Waals surface area contributed by atoms with E-state index in [4.69, 9.17) is 9.26 Å². The second-order valence-electron chi connectivity index (χ2n) is 6.65. The number of aryl methyl sites for hydroxylation is 1. The Morgan fingerprint density at radius 3 is 3.00 bits per heavy atom. The molecule has 0 radical (unpaired) electrons. The Labute approximate surface area is 165 Å². The zero-order valence-corrected chi connectivity index (χ0v) is 16.2. The van der Waals surface area contributed by atoms with Gasteiger partial charge in [-0.3, -0.25) is 9.59 Å². The van der Waals surface area contributed by atoms with E-state index in [-0.39, 0.29) is 24.1 Å². The number of nitrogens with one attached hydrogen (secondary N) is 1. The van der Waals surface area contributed by atoms with Crippen molar-refractivity contribution in [2.24, 2.45) is 0 Å². The maximum atomic E-state index is 12.6. The van der Waals surface area contributed by atoms with Gasteiger partial charge in [0.15, 0.2) is 5.76 Å². The summed E-state index contributed by atoms with van der Waals surface area (Å²) in [6, 6.07) is 7.01. The lowest BCUT2D eigenvalue weighted by atomic mass is 10.1. The van der Waals surface area contributed by atoms with E-state index < -0.39 is 0 Å². The van der Waals surface area contributed by atoms with Crippen molar-refractivity contribution in [3.8, 4) is 21.9 Å². The average molecular weight is 400 g/mol.